The fourth-order valence-corrected chi connectivity index (χ4v) is 2.89. The maximum Gasteiger partial charge on any atom is 0.194 e. The molecule has 0 amide bonds. The number of carbonyl (C=O) groups is 1. The first-order valence-electron chi connectivity index (χ1n) is 4.33. The number of fused-ring (bicyclic) bond motifs is 1. The highest BCUT2D eigenvalue weighted by atomic mass is 32.1. The van der Waals surface area contributed by atoms with Crippen LogP contribution in [0.4, 0.5) is 0 Å². The predicted molar refractivity (Wildman–Crippen MR) is 61.8 cm³/mol. The minimum absolute atomic E-state index is 0.629. The van der Waals surface area contributed by atoms with Gasteiger partial charge in [-0.05, 0) is 11.4 Å². The second kappa shape index (κ2) is 3.29. The number of hydrogen-bond donors (Lipinski definition) is 0. The fourth-order valence-electron chi connectivity index (χ4n) is 1.53. The van der Waals surface area contributed by atoms with Crippen molar-refractivity contribution in [1.82, 2.24) is 9.38 Å². The van der Waals surface area contributed by atoms with Gasteiger partial charge >= 0.3 is 0 Å². The number of rotatable bonds is 2. The van der Waals surface area contributed by atoms with E-state index in [4.69, 9.17) is 0 Å². The number of aldehydes is 1. The summed E-state index contributed by atoms with van der Waals surface area (Å²) in [6.45, 7) is 0. The first-order chi connectivity index (χ1) is 7.40. The van der Waals surface area contributed by atoms with E-state index in [0.717, 1.165) is 22.5 Å². The Labute approximate surface area is 93.6 Å². The topological polar surface area (TPSA) is 34.4 Å². The molecule has 3 aromatic heterocycles. The van der Waals surface area contributed by atoms with Crippen LogP contribution < -0.4 is 0 Å². The van der Waals surface area contributed by atoms with Crippen molar-refractivity contribution in [3.63, 3.8) is 0 Å². The first kappa shape index (κ1) is 8.82. The second-order valence-corrected chi connectivity index (χ2v) is 4.68. The Bertz CT molecular complexity index is 606. The zero-order valence-electron chi connectivity index (χ0n) is 7.58. The molecule has 0 radical (unpaired) electrons. The molecule has 0 bridgehead atoms. The number of aromatic nitrogens is 2. The molecule has 0 saturated carbocycles. The van der Waals surface area contributed by atoms with Crippen LogP contribution in [0.2, 0.25) is 0 Å². The Morgan fingerprint density at radius 3 is 3.07 bits per heavy atom. The van der Waals surface area contributed by atoms with Crippen molar-refractivity contribution >= 4 is 33.9 Å². The summed E-state index contributed by atoms with van der Waals surface area (Å²) >= 11 is 3.14. The van der Waals surface area contributed by atoms with E-state index in [-0.39, 0.29) is 0 Å². The van der Waals surface area contributed by atoms with Crippen molar-refractivity contribution in [2.45, 2.75) is 0 Å². The van der Waals surface area contributed by atoms with Gasteiger partial charge in [0.25, 0.3) is 0 Å². The quantitative estimate of drug-likeness (QED) is 0.639. The third-order valence-corrected chi connectivity index (χ3v) is 3.65. The minimum Gasteiger partial charge on any atom is -0.296 e. The minimum atomic E-state index is 0.629. The molecule has 0 spiro atoms. The molecule has 15 heavy (non-hydrogen) atoms. The molecular formula is C10H6N2OS2. The van der Waals surface area contributed by atoms with Gasteiger partial charge in [-0.25, -0.2) is 4.98 Å². The lowest BCUT2D eigenvalue weighted by Gasteiger charge is -1.92. The van der Waals surface area contributed by atoms with E-state index in [1.165, 1.54) is 11.3 Å². The monoisotopic (exact) mass is 234 g/mol. The van der Waals surface area contributed by atoms with Crippen LogP contribution in [-0.2, 0) is 0 Å². The number of thiophene rings is 1. The number of carbonyl (C=O) groups excluding carboxylic acids is 1. The number of hydrogen-bond acceptors (Lipinski definition) is 4. The fraction of sp³-hybridized carbons (Fsp3) is 0. The van der Waals surface area contributed by atoms with E-state index >= 15 is 0 Å². The summed E-state index contributed by atoms with van der Waals surface area (Å²) in [6, 6.07) is 1.98. The van der Waals surface area contributed by atoms with Gasteiger partial charge in [0.15, 0.2) is 11.2 Å². The first-order valence-corrected chi connectivity index (χ1v) is 6.15. The van der Waals surface area contributed by atoms with Crippen LogP contribution in [-0.4, -0.2) is 15.7 Å². The lowest BCUT2D eigenvalue weighted by atomic mass is 10.2. The Hall–Kier alpha value is -1.46. The third-order valence-electron chi connectivity index (χ3n) is 2.21. The van der Waals surface area contributed by atoms with E-state index in [9.17, 15) is 4.79 Å². The summed E-state index contributed by atoms with van der Waals surface area (Å²) in [6.07, 6.45) is 2.73. The van der Waals surface area contributed by atoms with Crippen LogP contribution in [0.5, 0.6) is 0 Å². The summed E-state index contributed by atoms with van der Waals surface area (Å²) in [5.41, 5.74) is 2.42. The van der Waals surface area contributed by atoms with Gasteiger partial charge in [-0.2, -0.15) is 11.3 Å². The maximum atomic E-state index is 11.0. The molecule has 0 aliphatic rings. The standard InChI is InChI=1S/C10H6N2OS2/c13-5-8-9(7-1-3-14-6-7)11-10-12(8)2-4-15-10/h1-6H. The number of thiazole rings is 1. The molecule has 3 aromatic rings. The van der Waals surface area contributed by atoms with Crippen LogP contribution in [0.1, 0.15) is 10.5 Å². The number of nitrogens with zero attached hydrogens (tertiary/aromatic N) is 2. The van der Waals surface area contributed by atoms with Crippen LogP contribution in [0, 0.1) is 0 Å². The summed E-state index contributed by atoms with van der Waals surface area (Å²) in [5.74, 6) is 0. The van der Waals surface area contributed by atoms with Gasteiger partial charge in [0, 0.05) is 22.5 Å². The van der Waals surface area contributed by atoms with E-state index in [0.29, 0.717) is 5.69 Å². The predicted octanol–water partition coefficient (Wildman–Crippen LogP) is 2.94. The largest absolute Gasteiger partial charge is 0.296 e. The van der Waals surface area contributed by atoms with Crippen LogP contribution >= 0.6 is 22.7 Å². The van der Waals surface area contributed by atoms with Crippen molar-refractivity contribution in [1.29, 1.82) is 0 Å². The van der Waals surface area contributed by atoms with Crippen molar-refractivity contribution in [2.75, 3.05) is 0 Å². The third kappa shape index (κ3) is 1.24. The normalized spacial score (nSPS) is 10.9. The zero-order valence-corrected chi connectivity index (χ0v) is 9.22. The average molecular weight is 234 g/mol. The smallest absolute Gasteiger partial charge is 0.194 e. The summed E-state index contributed by atoms with van der Waals surface area (Å²) in [5, 5.41) is 5.91. The average Bonchev–Trinajstić information content (AvgIpc) is 2.93. The Balaban J connectivity index is 2.35. The Morgan fingerprint density at radius 1 is 1.40 bits per heavy atom. The van der Waals surface area contributed by atoms with E-state index in [1.807, 2.05) is 32.8 Å². The van der Waals surface area contributed by atoms with Gasteiger partial charge < -0.3 is 0 Å². The van der Waals surface area contributed by atoms with Gasteiger partial charge in [0.2, 0.25) is 0 Å². The molecule has 3 nitrogen and oxygen atoms in total. The van der Waals surface area contributed by atoms with Gasteiger partial charge in [-0.3, -0.25) is 9.20 Å². The maximum absolute atomic E-state index is 11.0. The van der Waals surface area contributed by atoms with Crippen molar-refractivity contribution in [3.05, 3.63) is 34.1 Å². The molecule has 0 aliphatic carbocycles. The van der Waals surface area contributed by atoms with Crippen molar-refractivity contribution in [3.8, 4) is 11.3 Å². The van der Waals surface area contributed by atoms with Crippen molar-refractivity contribution in [2.24, 2.45) is 0 Å². The lowest BCUT2D eigenvalue weighted by Crippen LogP contribution is -1.88. The van der Waals surface area contributed by atoms with Gasteiger partial charge in [0.05, 0.1) is 0 Å². The van der Waals surface area contributed by atoms with Gasteiger partial charge in [-0.15, -0.1) is 11.3 Å². The molecule has 0 aliphatic heterocycles. The zero-order chi connectivity index (χ0) is 10.3. The molecule has 3 rings (SSSR count). The molecule has 74 valence electrons. The highest BCUT2D eigenvalue weighted by molar-refractivity contribution is 7.15. The molecule has 5 heteroatoms. The Kier molecular flexibility index (Phi) is 1.93. The van der Waals surface area contributed by atoms with Crippen LogP contribution in [0.15, 0.2) is 28.4 Å². The molecular weight excluding hydrogens is 228 g/mol. The molecule has 0 unspecified atom stereocenters. The molecule has 0 fully saturated rings. The van der Waals surface area contributed by atoms with E-state index in [2.05, 4.69) is 4.98 Å². The van der Waals surface area contributed by atoms with E-state index < -0.39 is 0 Å². The van der Waals surface area contributed by atoms with Crippen LogP contribution in [0.3, 0.4) is 0 Å². The molecule has 0 atom stereocenters. The highest BCUT2D eigenvalue weighted by Gasteiger charge is 2.13. The van der Waals surface area contributed by atoms with Gasteiger partial charge in [0.1, 0.15) is 11.4 Å². The van der Waals surface area contributed by atoms with E-state index in [1.54, 1.807) is 11.3 Å². The molecule has 3 heterocycles. The SMILES string of the molecule is O=Cc1c(-c2ccsc2)nc2sccn12. The lowest BCUT2D eigenvalue weighted by molar-refractivity contribution is 0.111. The highest BCUT2D eigenvalue weighted by Crippen LogP contribution is 2.26. The molecule has 0 N–H and O–H groups in total. The molecule has 0 saturated heterocycles. The number of imidazole rings is 1. The Morgan fingerprint density at radius 2 is 2.33 bits per heavy atom. The summed E-state index contributed by atoms with van der Waals surface area (Å²) in [7, 11) is 0. The molecule has 0 aromatic carbocycles. The van der Waals surface area contributed by atoms with Crippen LogP contribution in [0.25, 0.3) is 16.2 Å². The summed E-state index contributed by atoms with van der Waals surface area (Å²) < 4.78 is 1.82. The van der Waals surface area contributed by atoms with Crippen molar-refractivity contribution < 1.29 is 4.79 Å². The second-order valence-electron chi connectivity index (χ2n) is 3.03. The van der Waals surface area contributed by atoms with Gasteiger partial charge in [-0.1, -0.05) is 0 Å². The summed E-state index contributed by atoms with van der Waals surface area (Å²) in [4.78, 5) is 16.3.